The van der Waals surface area contributed by atoms with Gasteiger partial charge in [-0.05, 0) is 74.6 Å². The van der Waals surface area contributed by atoms with E-state index in [0.29, 0.717) is 18.0 Å². The molecule has 1 atom stereocenters. The first kappa shape index (κ1) is 18.8. The minimum absolute atomic E-state index is 0.378. The van der Waals surface area contributed by atoms with Gasteiger partial charge in [-0.3, -0.25) is 9.88 Å². The Hall–Kier alpha value is -2.24. The van der Waals surface area contributed by atoms with Gasteiger partial charge in [0.25, 0.3) is 0 Å². The van der Waals surface area contributed by atoms with Gasteiger partial charge in [0, 0.05) is 18.8 Å². The molecular formula is C24H31N5. The van der Waals surface area contributed by atoms with E-state index in [2.05, 4.69) is 46.3 Å². The van der Waals surface area contributed by atoms with Crippen molar-refractivity contribution >= 4 is 11.0 Å². The summed E-state index contributed by atoms with van der Waals surface area (Å²) in [4.78, 5) is 15.9. The van der Waals surface area contributed by atoms with Gasteiger partial charge in [-0.25, -0.2) is 4.98 Å². The van der Waals surface area contributed by atoms with Gasteiger partial charge in [-0.15, -0.1) is 0 Å². The third-order valence-electron chi connectivity index (χ3n) is 6.78. The minimum atomic E-state index is 0.378. The molecule has 152 valence electrons. The second-order valence-electron chi connectivity index (χ2n) is 8.87. The van der Waals surface area contributed by atoms with E-state index in [1.165, 1.54) is 36.9 Å². The minimum Gasteiger partial charge on any atom is -0.341 e. The van der Waals surface area contributed by atoms with Gasteiger partial charge >= 0.3 is 0 Å². The Morgan fingerprint density at radius 3 is 2.76 bits per heavy atom. The number of rotatable bonds is 5. The van der Waals surface area contributed by atoms with E-state index in [-0.39, 0.29) is 0 Å². The van der Waals surface area contributed by atoms with Crippen molar-refractivity contribution in [3.8, 4) is 0 Å². The van der Waals surface area contributed by atoms with Gasteiger partial charge in [0.2, 0.25) is 0 Å². The summed E-state index contributed by atoms with van der Waals surface area (Å²) >= 11 is 0. The van der Waals surface area contributed by atoms with Crippen LogP contribution in [-0.2, 0) is 13.0 Å². The highest BCUT2D eigenvalue weighted by Crippen LogP contribution is 2.35. The van der Waals surface area contributed by atoms with Gasteiger partial charge in [-0.2, -0.15) is 0 Å². The second-order valence-corrected chi connectivity index (χ2v) is 8.87. The van der Waals surface area contributed by atoms with Crippen LogP contribution in [0.2, 0.25) is 0 Å². The quantitative estimate of drug-likeness (QED) is 0.680. The van der Waals surface area contributed by atoms with Crippen LogP contribution in [0, 0.1) is 5.92 Å². The topological polar surface area (TPSA) is 70.8 Å². The van der Waals surface area contributed by atoms with E-state index >= 15 is 0 Å². The molecule has 1 unspecified atom stereocenters. The fourth-order valence-corrected chi connectivity index (χ4v) is 5.22. The Balaban J connectivity index is 1.43. The summed E-state index contributed by atoms with van der Waals surface area (Å²) < 4.78 is 0. The average molecular weight is 390 g/mol. The molecule has 5 nitrogen and oxygen atoms in total. The van der Waals surface area contributed by atoms with E-state index in [9.17, 15) is 0 Å². The molecule has 0 bridgehead atoms. The summed E-state index contributed by atoms with van der Waals surface area (Å²) in [6.07, 6.45) is 10.3. The van der Waals surface area contributed by atoms with Gasteiger partial charge in [-0.1, -0.05) is 18.2 Å². The number of pyridine rings is 1. The maximum Gasteiger partial charge on any atom is 0.121 e. The standard InChI is InChI=1S/C24H31N5/c25-19-12-10-17(11-13-19)15-29(16-23-27-20-7-1-2-8-21(20)28-23)22-9-3-5-18-6-4-14-26-24(18)22/h1-2,4,6-8,14,17,19,22H,3,5,9-13,15-16,25H2,(H,27,28). The lowest BCUT2D eigenvalue weighted by Gasteiger charge is -2.38. The zero-order valence-corrected chi connectivity index (χ0v) is 17.1. The molecule has 29 heavy (non-hydrogen) atoms. The Morgan fingerprint density at radius 2 is 1.90 bits per heavy atom. The summed E-state index contributed by atoms with van der Waals surface area (Å²) in [5.74, 6) is 1.77. The number of aromatic nitrogens is 3. The first-order valence-electron chi connectivity index (χ1n) is 11.1. The SMILES string of the molecule is NC1CCC(CN(Cc2nc3ccccc3[nH]2)C2CCCc3cccnc32)CC1. The van der Waals surface area contributed by atoms with Crippen molar-refractivity contribution in [1.29, 1.82) is 0 Å². The second kappa shape index (κ2) is 8.25. The third-order valence-corrected chi connectivity index (χ3v) is 6.78. The van der Waals surface area contributed by atoms with Crippen LogP contribution in [0.3, 0.4) is 0 Å². The molecule has 5 rings (SSSR count). The normalized spacial score (nSPS) is 24.7. The maximum atomic E-state index is 6.16. The molecule has 0 spiro atoms. The van der Waals surface area contributed by atoms with Crippen LogP contribution in [0.1, 0.15) is 61.6 Å². The molecule has 1 fully saturated rings. The van der Waals surface area contributed by atoms with E-state index < -0.39 is 0 Å². The Labute approximate surface area is 172 Å². The molecule has 0 saturated heterocycles. The number of aromatic amines is 1. The molecule has 0 radical (unpaired) electrons. The number of H-pyrrole nitrogens is 1. The lowest BCUT2D eigenvalue weighted by atomic mass is 9.84. The fraction of sp³-hybridized carbons (Fsp3) is 0.500. The number of benzene rings is 1. The van der Waals surface area contributed by atoms with E-state index in [4.69, 9.17) is 15.7 Å². The van der Waals surface area contributed by atoms with Crippen molar-refractivity contribution in [3.63, 3.8) is 0 Å². The molecule has 3 aromatic rings. The first-order chi connectivity index (χ1) is 14.3. The number of para-hydroxylation sites is 2. The van der Waals surface area contributed by atoms with Gasteiger partial charge in [0.15, 0.2) is 0 Å². The van der Waals surface area contributed by atoms with Crippen LogP contribution in [0.15, 0.2) is 42.6 Å². The van der Waals surface area contributed by atoms with Crippen LogP contribution in [0.4, 0.5) is 0 Å². The zero-order valence-electron chi connectivity index (χ0n) is 17.1. The maximum absolute atomic E-state index is 6.16. The van der Waals surface area contributed by atoms with Gasteiger partial charge in [0.1, 0.15) is 5.82 Å². The van der Waals surface area contributed by atoms with Crippen LogP contribution >= 0.6 is 0 Å². The van der Waals surface area contributed by atoms with Crippen molar-refractivity contribution in [3.05, 3.63) is 59.7 Å². The lowest BCUT2D eigenvalue weighted by Crippen LogP contribution is -2.38. The summed E-state index contributed by atoms with van der Waals surface area (Å²) in [5.41, 5.74) is 11.0. The summed E-state index contributed by atoms with van der Waals surface area (Å²) in [7, 11) is 0. The Morgan fingerprint density at radius 1 is 1.03 bits per heavy atom. The van der Waals surface area contributed by atoms with Crippen molar-refractivity contribution in [2.45, 2.75) is 63.6 Å². The smallest absolute Gasteiger partial charge is 0.121 e. The first-order valence-corrected chi connectivity index (χ1v) is 11.1. The van der Waals surface area contributed by atoms with Crippen LogP contribution < -0.4 is 5.73 Å². The predicted octanol–water partition coefficient (Wildman–Crippen LogP) is 4.36. The van der Waals surface area contributed by atoms with Crippen molar-refractivity contribution in [2.75, 3.05) is 6.54 Å². The molecule has 2 aliphatic rings. The number of imidazole rings is 1. The van der Waals surface area contributed by atoms with Crippen molar-refractivity contribution in [2.24, 2.45) is 11.7 Å². The Kier molecular flexibility index (Phi) is 5.34. The number of nitrogens with one attached hydrogen (secondary N) is 1. The van der Waals surface area contributed by atoms with Crippen LogP contribution in [-0.4, -0.2) is 32.4 Å². The summed E-state index contributed by atoms with van der Waals surface area (Å²) in [6, 6.07) is 13.4. The monoisotopic (exact) mass is 389 g/mol. The number of nitrogens with two attached hydrogens (primary N) is 1. The third kappa shape index (κ3) is 4.07. The molecule has 3 N–H and O–H groups in total. The highest BCUT2D eigenvalue weighted by atomic mass is 15.2. The number of nitrogens with zero attached hydrogens (tertiary/aromatic N) is 3. The average Bonchev–Trinajstić information content (AvgIpc) is 3.17. The summed E-state index contributed by atoms with van der Waals surface area (Å²) in [6.45, 7) is 1.95. The van der Waals surface area contributed by atoms with Crippen LogP contribution in [0.25, 0.3) is 11.0 Å². The van der Waals surface area contributed by atoms with E-state index in [1.54, 1.807) is 0 Å². The van der Waals surface area contributed by atoms with E-state index in [1.807, 2.05) is 6.20 Å². The van der Waals surface area contributed by atoms with Crippen molar-refractivity contribution < 1.29 is 0 Å². The molecular weight excluding hydrogens is 358 g/mol. The molecule has 1 aromatic carbocycles. The summed E-state index contributed by atoms with van der Waals surface area (Å²) in [5, 5.41) is 0. The van der Waals surface area contributed by atoms with Gasteiger partial charge in [0.05, 0.1) is 29.3 Å². The number of fused-ring (bicyclic) bond motifs is 2. The van der Waals surface area contributed by atoms with Crippen molar-refractivity contribution in [1.82, 2.24) is 19.9 Å². The molecule has 0 aliphatic heterocycles. The predicted molar refractivity (Wildman–Crippen MR) is 116 cm³/mol. The molecule has 5 heteroatoms. The molecule has 2 heterocycles. The highest BCUT2D eigenvalue weighted by Gasteiger charge is 2.30. The highest BCUT2D eigenvalue weighted by molar-refractivity contribution is 5.74. The molecule has 0 amide bonds. The fourth-order valence-electron chi connectivity index (χ4n) is 5.22. The van der Waals surface area contributed by atoms with Crippen LogP contribution in [0.5, 0.6) is 0 Å². The number of hydrogen-bond donors (Lipinski definition) is 2. The Bertz CT molecular complexity index is 924. The zero-order chi connectivity index (χ0) is 19.6. The van der Waals surface area contributed by atoms with Gasteiger partial charge < -0.3 is 10.7 Å². The molecule has 2 aromatic heterocycles. The largest absolute Gasteiger partial charge is 0.341 e. The molecule has 2 aliphatic carbocycles. The van der Waals surface area contributed by atoms with E-state index in [0.717, 1.165) is 49.2 Å². The number of hydrogen-bond acceptors (Lipinski definition) is 4. The molecule has 1 saturated carbocycles. The lowest BCUT2D eigenvalue weighted by molar-refractivity contribution is 0.120. The number of aryl methyl sites for hydroxylation is 1.